The number of pyridine rings is 1. The van der Waals surface area contributed by atoms with Gasteiger partial charge in [-0.25, -0.2) is 18.6 Å². The molecule has 8 heteroatoms. The van der Waals surface area contributed by atoms with E-state index in [1.165, 1.54) is 13.8 Å². The van der Waals surface area contributed by atoms with Gasteiger partial charge in [-0.15, -0.1) is 0 Å². The third-order valence-electron chi connectivity index (χ3n) is 3.36. The van der Waals surface area contributed by atoms with Gasteiger partial charge in [-0.2, -0.15) is 0 Å². The second kappa shape index (κ2) is 8.46. The number of halogens is 3. The molecule has 3 N–H and O–H groups in total. The van der Waals surface area contributed by atoms with Crippen LogP contribution in [-0.2, 0) is 6.42 Å². The molecule has 0 bridgehead atoms. The van der Waals surface area contributed by atoms with E-state index in [4.69, 9.17) is 5.11 Å². The molecule has 0 saturated carbocycles. The molecule has 1 atom stereocenters. The minimum Gasteiger partial charge on any atom is -0.465 e. The topological polar surface area (TPSA) is 82.5 Å². The van der Waals surface area contributed by atoms with Crippen molar-refractivity contribution in [2.24, 2.45) is 0 Å². The average molecular weight is 439 g/mol. The Morgan fingerprint density at radius 1 is 1.30 bits per heavy atom. The Kier molecular flexibility index (Phi) is 6.52. The molecule has 142 valence electrons. The van der Waals surface area contributed by atoms with Gasteiger partial charge in [0.25, 0.3) is 0 Å². The molecule has 0 spiro atoms. The molecule has 1 amide bonds. The molecule has 27 heavy (non-hydrogen) atoms. The normalized spacial score (nSPS) is 12.1. The van der Waals surface area contributed by atoms with Gasteiger partial charge < -0.3 is 15.5 Å². The molecule has 2 aromatic rings. The zero-order chi connectivity index (χ0) is 20.2. The fourth-order valence-corrected chi connectivity index (χ4v) is 2.82. The number of aliphatic hydroxyl groups is 1. The summed E-state index contributed by atoms with van der Waals surface area (Å²) in [6.45, 7) is 3.04. The Morgan fingerprint density at radius 2 is 1.93 bits per heavy atom. The Labute approximate surface area is 163 Å². The molecule has 1 heterocycles. The SMILES string of the molecule is CC(C)(O)C#Cc1ccc(Br)c(C(Cc2cc(F)cc(F)c2)NC(=O)O)n1. The molecule has 0 aliphatic heterocycles. The van der Waals surface area contributed by atoms with Gasteiger partial charge in [-0.1, -0.05) is 5.92 Å². The van der Waals surface area contributed by atoms with Crippen molar-refractivity contribution in [3.63, 3.8) is 0 Å². The maximum atomic E-state index is 13.5. The zero-order valence-corrected chi connectivity index (χ0v) is 16.1. The molecule has 1 unspecified atom stereocenters. The van der Waals surface area contributed by atoms with Crippen LogP contribution in [0.4, 0.5) is 13.6 Å². The number of carboxylic acid groups (broad SMARTS) is 1. The molecule has 0 aliphatic rings. The van der Waals surface area contributed by atoms with Gasteiger partial charge in [0.15, 0.2) is 0 Å². The number of benzene rings is 1. The van der Waals surface area contributed by atoms with E-state index in [1.807, 2.05) is 0 Å². The predicted molar refractivity (Wildman–Crippen MR) is 99.1 cm³/mol. The first kappa shape index (κ1) is 20.8. The maximum Gasteiger partial charge on any atom is 0.405 e. The van der Waals surface area contributed by atoms with Crippen LogP contribution in [0.5, 0.6) is 0 Å². The first-order chi connectivity index (χ1) is 12.5. The fourth-order valence-electron chi connectivity index (χ4n) is 2.32. The number of aromatic nitrogens is 1. The third-order valence-corrected chi connectivity index (χ3v) is 4.03. The number of amides is 1. The zero-order valence-electron chi connectivity index (χ0n) is 14.6. The van der Waals surface area contributed by atoms with E-state index in [0.717, 1.165) is 18.2 Å². The van der Waals surface area contributed by atoms with Crippen LogP contribution in [0.15, 0.2) is 34.8 Å². The summed E-state index contributed by atoms with van der Waals surface area (Å²) in [7, 11) is 0. The largest absolute Gasteiger partial charge is 0.465 e. The molecule has 0 radical (unpaired) electrons. The average Bonchev–Trinajstić information content (AvgIpc) is 2.51. The highest BCUT2D eigenvalue weighted by atomic mass is 79.9. The fraction of sp³-hybridized carbons (Fsp3) is 0.263. The summed E-state index contributed by atoms with van der Waals surface area (Å²) in [5.74, 6) is 3.83. The number of nitrogens with zero attached hydrogens (tertiary/aromatic N) is 1. The Morgan fingerprint density at radius 3 is 2.48 bits per heavy atom. The molecule has 2 rings (SSSR count). The number of hydrogen-bond donors (Lipinski definition) is 3. The summed E-state index contributed by atoms with van der Waals surface area (Å²) in [6, 6.07) is 5.37. The highest BCUT2D eigenvalue weighted by Gasteiger charge is 2.20. The summed E-state index contributed by atoms with van der Waals surface area (Å²) in [6.07, 6.45) is -1.33. The van der Waals surface area contributed by atoms with Crippen molar-refractivity contribution in [2.75, 3.05) is 0 Å². The van der Waals surface area contributed by atoms with Crippen LogP contribution in [0.2, 0.25) is 0 Å². The number of carbonyl (C=O) groups is 1. The summed E-state index contributed by atoms with van der Waals surface area (Å²) in [5.41, 5.74) is -0.317. The van der Waals surface area contributed by atoms with Gasteiger partial charge >= 0.3 is 6.09 Å². The standard InChI is InChI=1S/C19H17BrF2N2O3/c1-19(2,27)6-5-14-3-4-15(20)17(23-14)16(24-18(25)26)9-11-7-12(21)10-13(22)8-11/h3-4,7-8,10,16,24,27H,9H2,1-2H3,(H,25,26). The van der Waals surface area contributed by atoms with Crippen LogP contribution >= 0.6 is 15.9 Å². The monoisotopic (exact) mass is 438 g/mol. The quantitative estimate of drug-likeness (QED) is 0.634. The van der Waals surface area contributed by atoms with Gasteiger partial charge in [0.2, 0.25) is 0 Å². The molecular formula is C19H17BrF2N2O3. The van der Waals surface area contributed by atoms with Gasteiger partial charge in [-0.3, -0.25) is 0 Å². The number of rotatable bonds is 4. The minimum absolute atomic E-state index is 0.0189. The van der Waals surface area contributed by atoms with Gasteiger partial charge in [-0.05, 0) is 71.9 Å². The van der Waals surface area contributed by atoms with Crippen molar-refractivity contribution in [3.05, 3.63) is 63.4 Å². The highest BCUT2D eigenvalue weighted by Crippen LogP contribution is 2.25. The first-order valence-electron chi connectivity index (χ1n) is 7.90. The lowest BCUT2D eigenvalue weighted by molar-refractivity contribution is 0.143. The Balaban J connectivity index is 2.43. The summed E-state index contributed by atoms with van der Waals surface area (Å²) >= 11 is 3.31. The van der Waals surface area contributed by atoms with Gasteiger partial charge in [0, 0.05) is 10.5 Å². The van der Waals surface area contributed by atoms with Crippen molar-refractivity contribution in [2.45, 2.75) is 31.9 Å². The summed E-state index contributed by atoms with van der Waals surface area (Å²) in [5, 5.41) is 21.2. The van der Waals surface area contributed by atoms with Crippen molar-refractivity contribution in [3.8, 4) is 11.8 Å². The lowest BCUT2D eigenvalue weighted by Gasteiger charge is -2.18. The summed E-state index contributed by atoms with van der Waals surface area (Å²) in [4.78, 5) is 15.5. The number of nitrogens with one attached hydrogen (secondary N) is 1. The van der Waals surface area contributed by atoms with Crippen molar-refractivity contribution in [1.82, 2.24) is 10.3 Å². The predicted octanol–water partition coefficient (Wildman–Crippen LogP) is 3.80. The second-order valence-electron chi connectivity index (χ2n) is 6.36. The minimum atomic E-state index is -1.31. The second-order valence-corrected chi connectivity index (χ2v) is 7.21. The van der Waals surface area contributed by atoms with E-state index in [0.29, 0.717) is 15.9 Å². The van der Waals surface area contributed by atoms with Crippen molar-refractivity contribution < 1.29 is 23.8 Å². The molecular weight excluding hydrogens is 422 g/mol. The van der Waals surface area contributed by atoms with E-state index >= 15 is 0 Å². The molecule has 5 nitrogen and oxygen atoms in total. The summed E-state index contributed by atoms with van der Waals surface area (Å²) < 4.78 is 27.4. The first-order valence-corrected chi connectivity index (χ1v) is 8.69. The van der Waals surface area contributed by atoms with E-state index in [9.17, 15) is 18.7 Å². The Bertz CT molecular complexity index is 897. The molecule has 1 aromatic heterocycles. The van der Waals surface area contributed by atoms with Crippen LogP contribution in [-0.4, -0.2) is 26.9 Å². The maximum absolute atomic E-state index is 13.5. The van der Waals surface area contributed by atoms with Crippen LogP contribution in [0.25, 0.3) is 0 Å². The van der Waals surface area contributed by atoms with Crippen LogP contribution in [0.3, 0.4) is 0 Å². The van der Waals surface area contributed by atoms with E-state index < -0.39 is 29.4 Å². The van der Waals surface area contributed by atoms with E-state index in [1.54, 1.807) is 12.1 Å². The van der Waals surface area contributed by atoms with E-state index in [-0.39, 0.29) is 12.0 Å². The molecule has 0 saturated heterocycles. The van der Waals surface area contributed by atoms with Crippen LogP contribution in [0.1, 0.15) is 36.8 Å². The van der Waals surface area contributed by atoms with Crippen molar-refractivity contribution >= 4 is 22.0 Å². The van der Waals surface area contributed by atoms with E-state index in [2.05, 4.69) is 38.1 Å². The van der Waals surface area contributed by atoms with Gasteiger partial charge in [0.1, 0.15) is 22.9 Å². The highest BCUT2D eigenvalue weighted by molar-refractivity contribution is 9.10. The van der Waals surface area contributed by atoms with Crippen LogP contribution < -0.4 is 5.32 Å². The van der Waals surface area contributed by atoms with Crippen LogP contribution in [0, 0.1) is 23.5 Å². The molecule has 0 aliphatic carbocycles. The lowest BCUT2D eigenvalue weighted by Crippen LogP contribution is -2.29. The molecule has 0 fully saturated rings. The Hall–Kier alpha value is -2.50. The smallest absolute Gasteiger partial charge is 0.405 e. The van der Waals surface area contributed by atoms with Gasteiger partial charge in [0.05, 0.1) is 11.7 Å². The lowest BCUT2D eigenvalue weighted by atomic mass is 10.0. The van der Waals surface area contributed by atoms with Crippen molar-refractivity contribution in [1.29, 1.82) is 0 Å². The molecule has 1 aromatic carbocycles. The third kappa shape index (κ3) is 6.62. The number of hydrogen-bond acceptors (Lipinski definition) is 3.